The first kappa shape index (κ1) is 16.5. The topological polar surface area (TPSA) is 32.3 Å². The molecule has 0 heterocycles. The van der Waals surface area contributed by atoms with E-state index in [2.05, 4.69) is 33.0 Å². The van der Waals surface area contributed by atoms with E-state index in [4.69, 9.17) is 0 Å². The number of carbonyl (C=O) groups is 1. The van der Waals surface area contributed by atoms with Gasteiger partial charge in [-0.2, -0.15) is 0 Å². The van der Waals surface area contributed by atoms with Crippen LogP contribution in [0.2, 0.25) is 0 Å². The van der Waals surface area contributed by atoms with Crippen molar-refractivity contribution in [3.63, 3.8) is 0 Å². The van der Waals surface area contributed by atoms with Crippen molar-refractivity contribution in [2.24, 2.45) is 0 Å². The predicted octanol–water partition coefficient (Wildman–Crippen LogP) is 4.08. The highest BCUT2D eigenvalue weighted by Crippen LogP contribution is 2.18. The Hall–Kier alpha value is -1.51. The molecule has 0 saturated carbocycles. The highest BCUT2D eigenvalue weighted by atomic mass is 16.2. The van der Waals surface area contributed by atoms with Gasteiger partial charge in [0.1, 0.15) is 0 Å². The van der Waals surface area contributed by atoms with Gasteiger partial charge in [0.25, 0.3) is 5.91 Å². The van der Waals surface area contributed by atoms with Gasteiger partial charge in [-0.3, -0.25) is 4.79 Å². The molecular weight excluding hydrogens is 248 g/mol. The zero-order valence-corrected chi connectivity index (χ0v) is 13.5. The zero-order chi connectivity index (χ0) is 15.1. The number of benzene rings is 1. The van der Waals surface area contributed by atoms with E-state index in [0.717, 1.165) is 42.7 Å². The van der Waals surface area contributed by atoms with Crippen molar-refractivity contribution in [1.82, 2.24) is 4.90 Å². The maximum Gasteiger partial charge on any atom is 0.254 e. The van der Waals surface area contributed by atoms with Crippen LogP contribution in [0.1, 0.15) is 56.5 Å². The van der Waals surface area contributed by atoms with Crippen LogP contribution in [0.4, 0.5) is 5.69 Å². The van der Waals surface area contributed by atoms with Crippen molar-refractivity contribution in [1.29, 1.82) is 0 Å². The number of nitrogens with one attached hydrogen (secondary N) is 1. The molecule has 1 aromatic rings. The summed E-state index contributed by atoms with van der Waals surface area (Å²) in [5.74, 6) is 0.131. The number of anilines is 1. The molecule has 1 N–H and O–H groups in total. The molecule has 0 aliphatic rings. The third-order valence-electron chi connectivity index (χ3n) is 3.39. The molecule has 1 rings (SSSR count). The molecule has 0 saturated heterocycles. The number of hydrogen-bond acceptors (Lipinski definition) is 2. The van der Waals surface area contributed by atoms with Gasteiger partial charge in [0, 0.05) is 30.4 Å². The molecular formula is C17H28N2O. The van der Waals surface area contributed by atoms with Crippen LogP contribution in [0.5, 0.6) is 0 Å². The Morgan fingerprint density at radius 1 is 1.25 bits per heavy atom. The average molecular weight is 276 g/mol. The highest BCUT2D eigenvalue weighted by molar-refractivity contribution is 5.95. The molecule has 0 spiro atoms. The van der Waals surface area contributed by atoms with Gasteiger partial charge in [0.15, 0.2) is 0 Å². The zero-order valence-electron chi connectivity index (χ0n) is 13.5. The van der Waals surface area contributed by atoms with Crippen LogP contribution in [0.25, 0.3) is 0 Å². The van der Waals surface area contributed by atoms with Crippen molar-refractivity contribution in [2.75, 3.05) is 18.4 Å². The monoisotopic (exact) mass is 276 g/mol. The van der Waals surface area contributed by atoms with Gasteiger partial charge in [-0.15, -0.1) is 0 Å². The summed E-state index contributed by atoms with van der Waals surface area (Å²) in [5.41, 5.74) is 3.03. The van der Waals surface area contributed by atoms with Gasteiger partial charge < -0.3 is 10.2 Å². The average Bonchev–Trinajstić information content (AvgIpc) is 2.42. The molecule has 1 aromatic carbocycles. The second-order valence-corrected chi connectivity index (χ2v) is 5.55. The molecule has 0 atom stereocenters. The number of hydrogen-bond donors (Lipinski definition) is 1. The third kappa shape index (κ3) is 4.26. The summed E-state index contributed by atoms with van der Waals surface area (Å²) >= 11 is 0. The smallest absolute Gasteiger partial charge is 0.254 e. The first-order chi connectivity index (χ1) is 9.51. The first-order valence-corrected chi connectivity index (χ1v) is 7.66. The molecule has 0 radical (unpaired) electrons. The van der Waals surface area contributed by atoms with Crippen LogP contribution >= 0.6 is 0 Å². The Balaban J connectivity index is 2.90. The summed E-state index contributed by atoms with van der Waals surface area (Å²) in [5, 5.41) is 3.38. The van der Waals surface area contributed by atoms with Gasteiger partial charge in [-0.1, -0.05) is 13.8 Å². The summed E-state index contributed by atoms with van der Waals surface area (Å²) in [6, 6.07) is 6.17. The Morgan fingerprint density at radius 2 is 1.95 bits per heavy atom. The highest BCUT2D eigenvalue weighted by Gasteiger charge is 2.18. The van der Waals surface area contributed by atoms with E-state index in [0.29, 0.717) is 0 Å². The molecule has 0 aromatic heterocycles. The molecule has 20 heavy (non-hydrogen) atoms. The van der Waals surface area contributed by atoms with Crippen molar-refractivity contribution < 1.29 is 4.79 Å². The third-order valence-corrected chi connectivity index (χ3v) is 3.39. The van der Waals surface area contributed by atoms with E-state index >= 15 is 0 Å². The summed E-state index contributed by atoms with van der Waals surface area (Å²) < 4.78 is 0. The van der Waals surface area contributed by atoms with Crippen LogP contribution < -0.4 is 5.32 Å². The fourth-order valence-electron chi connectivity index (χ4n) is 2.26. The minimum atomic E-state index is 0.131. The van der Waals surface area contributed by atoms with Crippen LogP contribution in [0.3, 0.4) is 0 Å². The lowest BCUT2D eigenvalue weighted by Gasteiger charge is -2.26. The lowest BCUT2D eigenvalue weighted by Crippen LogP contribution is -2.37. The summed E-state index contributed by atoms with van der Waals surface area (Å²) in [6.45, 7) is 12.2. The SMILES string of the molecule is CCCNc1ccc(C(=O)N(CCC)C(C)C)cc1C. The second-order valence-electron chi connectivity index (χ2n) is 5.55. The van der Waals surface area contributed by atoms with E-state index in [1.54, 1.807) is 0 Å². The largest absolute Gasteiger partial charge is 0.385 e. The van der Waals surface area contributed by atoms with Crippen molar-refractivity contribution in [2.45, 2.75) is 53.5 Å². The Kier molecular flexibility index (Phi) is 6.56. The normalized spacial score (nSPS) is 10.7. The Morgan fingerprint density at radius 3 is 2.45 bits per heavy atom. The van der Waals surface area contributed by atoms with E-state index in [-0.39, 0.29) is 11.9 Å². The molecule has 0 unspecified atom stereocenters. The molecule has 3 heteroatoms. The summed E-state index contributed by atoms with van der Waals surface area (Å²) in [4.78, 5) is 14.5. The van der Waals surface area contributed by atoms with E-state index < -0.39 is 0 Å². The molecule has 112 valence electrons. The van der Waals surface area contributed by atoms with Crippen molar-refractivity contribution in [3.05, 3.63) is 29.3 Å². The molecule has 0 fully saturated rings. The molecule has 3 nitrogen and oxygen atoms in total. The number of rotatable bonds is 7. The van der Waals surface area contributed by atoms with E-state index in [1.165, 1.54) is 0 Å². The summed E-state index contributed by atoms with van der Waals surface area (Å²) in [6.07, 6.45) is 2.08. The van der Waals surface area contributed by atoms with Crippen LogP contribution in [-0.2, 0) is 0 Å². The first-order valence-electron chi connectivity index (χ1n) is 7.66. The number of nitrogens with zero attached hydrogens (tertiary/aromatic N) is 1. The number of carbonyl (C=O) groups excluding carboxylic acids is 1. The van der Waals surface area contributed by atoms with Gasteiger partial charge in [-0.25, -0.2) is 0 Å². The molecule has 0 aliphatic heterocycles. The van der Waals surface area contributed by atoms with E-state index in [9.17, 15) is 4.79 Å². The van der Waals surface area contributed by atoms with Gasteiger partial charge in [0.2, 0.25) is 0 Å². The molecule has 0 bridgehead atoms. The van der Waals surface area contributed by atoms with Crippen LogP contribution in [0.15, 0.2) is 18.2 Å². The lowest BCUT2D eigenvalue weighted by atomic mass is 10.1. The maximum absolute atomic E-state index is 12.6. The van der Waals surface area contributed by atoms with Gasteiger partial charge in [0.05, 0.1) is 0 Å². The predicted molar refractivity (Wildman–Crippen MR) is 86.4 cm³/mol. The van der Waals surface area contributed by atoms with Crippen LogP contribution in [-0.4, -0.2) is 29.9 Å². The Labute approximate surface area is 123 Å². The molecule has 1 amide bonds. The lowest BCUT2D eigenvalue weighted by molar-refractivity contribution is 0.0706. The van der Waals surface area contributed by atoms with Gasteiger partial charge in [-0.05, 0) is 57.4 Å². The number of amides is 1. The standard InChI is InChI=1S/C17H28N2O/c1-6-10-18-16-9-8-15(12-14(16)5)17(20)19(11-7-2)13(3)4/h8-9,12-13,18H,6-7,10-11H2,1-5H3. The van der Waals surface area contributed by atoms with E-state index in [1.807, 2.05) is 30.0 Å². The van der Waals surface area contributed by atoms with Crippen molar-refractivity contribution >= 4 is 11.6 Å². The minimum Gasteiger partial charge on any atom is -0.385 e. The fraction of sp³-hybridized carbons (Fsp3) is 0.588. The second kappa shape index (κ2) is 7.93. The number of aryl methyl sites for hydroxylation is 1. The van der Waals surface area contributed by atoms with Crippen molar-refractivity contribution in [3.8, 4) is 0 Å². The fourth-order valence-corrected chi connectivity index (χ4v) is 2.26. The maximum atomic E-state index is 12.6. The quantitative estimate of drug-likeness (QED) is 0.814. The minimum absolute atomic E-state index is 0.131. The summed E-state index contributed by atoms with van der Waals surface area (Å²) in [7, 11) is 0. The Bertz CT molecular complexity index is 441. The molecule has 0 aliphatic carbocycles. The van der Waals surface area contributed by atoms with Crippen LogP contribution in [0, 0.1) is 6.92 Å². The van der Waals surface area contributed by atoms with Gasteiger partial charge >= 0.3 is 0 Å².